The summed E-state index contributed by atoms with van der Waals surface area (Å²) in [5.41, 5.74) is 1.39. The van der Waals surface area contributed by atoms with Gasteiger partial charge < -0.3 is 4.90 Å². The monoisotopic (exact) mass is 394 g/mol. The number of aromatic nitrogens is 1. The minimum atomic E-state index is 0.0366. The largest absolute Gasteiger partial charge is 0.337 e. The van der Waals surface area contributed by atoms with Crippen molar-refractivity contribution in [2.24, 2.45) is 0 Å². The van der Waals surface area contributed by atoms with Crippen LogP contribution in [0.4, 0.5) is 0 Å². The first-order chi connectivity index (χ1) is 12.1. The van der Waals surface area contributed by atoms with Crippen molar-refractivity contribution in [2.45, 2.75) is 36.3 Å². The second-order valence-corrected chi connectivity index (χ2v) is 7.86. The molecule has 0 atom stereocenters. The van der Waals surface area contributed by atoms with Crippen LogP contribution in [0.15, 0.2) is 41.3 Å². The third-order valence-corrected chi connectivity index (χ3v) is 6.23. The standard InChI is InChI=1S/C19H20Cl2N2OS/c20-15-8-6-10-17(18(15)21)25-13-14-7-5-9-16(22-14)19(24)23-11-3-1-2-4-12-23/h5-10H,1-4,11-13H2. The van der Waals surface area contributed by atoms with E-state index >= 15 is 0 Å². The Hall–Kier alpha value is -1.23. The van der Waals surface area contributed by atoms with Gasteiger partial charge in [-0.05, 0) is 37.1 Å². The summed E-state index contributed by atoms with van der Waals surface area (Å²) < 4.78 is 0. The van der Waals surface area contributed by atoms with E-state index in [9.17, 15) is 4.79 Å². The van der Waals surface area contributed by atoms with E-state index in [2.05, 4.69) is 4.98 Å². The van der Waals surface area contributed by atoms with E-state index in [0.717, 1.165) is 36.5 Å². The lowest BCUT2D eigenvalue weighted by atomic mass is 10.2. The van der Waals surface area contributed by atoms with Gasteiger partial charge in [-0.25, -0.2) is 4.98 Å². The van der Waals surface area contributed by atoms with E-state index in [1.54, 1.807) is 23.9 Å². The van der Waals surface area contributed by atoms with Gasteiger partial charge in [0.1, 0.15) is 5.69 Å². The summed E-state index contributed by atoms with van der Waals surface area (Å²) in [6, 6.07) is 11.2. The van der Waals surface area contributed by atoms with Crippen molar-refractivity contribution in [1.82, 2.24) is 9.88 Å². The molecule has 0 unspecified atom stereocenters. The molecule has 1 aliphatic heterocycles. The van der Waals surface area contributed by atoms with Crippen LogP contribution in [-0.4, -0.2) is 28.9 Å². The zero-order valence-electron chi connectivity index (χ0n) is 13.9. The predicted octanol–water partition coefficient (Wildman–Crippen LogP) is 5.70. The Bertz CT molecular complexity index is 746. The third kappa shape index (κ3) is 4.90. The normalized spacial score (nSPS) is 15.0. The second-order valence-electron chi connectivity index (χ2n) is 6.06. The van der Waals surface area contributed by atoms with Crippen molar-refractivity contribution < 1.29 is 4.79 Å². The first kappa shape index (κ1) is 18.6. The zero-order chi connectivity index (χ0) is 17.6. The number of rotatable bonds is 4. The van der Waals surface area contributed by atoms with Gasteiger partial charge in [0.05, 0.1) is 15.7 Å². The van der Waals surface area contributed by atoms with Crippen LogP contribution in [0.25, 0.3) is 0 Å². The fraction of sp³-hybridized carbons (Fsp3) is 0.368. The van der Waals surface area contributed by atoms with Crippen molar-refractivity contribution >= 4 is 40.9 Å². The highest BCUT2D eigenvalue weighted by Crippen LogP contribution is 2.34. The van der Waals surface area contributed by atoms with Crippen LogP contribution in [0, 0.1) is 0 Å². The molecule has 0 saturated carbocycles. The summed E-state index contributed by atoms with van der Waals surface area (Å²) in [4.78, 5) is 20.1. The number of thioether (sulfide) groups is 1. The Labute approximate surface area is 162 Å². The molecule has 0 radical (unpaired) electrons. The second kappa shape index (κ2) is 8.93. The fourth-order valence-electron chi connectivity index (χ4n) is 2.86. The lowest BCUT2D eigenvalue weighted by Gasteiger charge is -2.19. The highest BCUT2D eigenvalue weighted by molar-refractivity contribution is 7.98. The average molecular weight is 395 g/mol. The molecule has 2 heterocycles. The number of nitrogens with zero attached hydrogens (tertiary/aromatic N) is 2. The number of hydrogen-bond acceptors (Lipinski definition) is 3. The molecule has 132 valence electrons. The predicted molar refractivity (Wildman–Crippen MR) is 105 cm³/mol. The summed E-state index contributed by atoms with van der Waals surface area (Å²) in [5.74, 6) is 0.677. The van der Waals surface area contributed by atoms with Crippen LogP contribution in [0.3, 0.4) is 0 Å². The van der Waals surface area contributed by atoms with Gasteiger partial charge in [0.25, 0.3) is 5.91 Å². The van der Waals surface area contributed by atoms with Gasteiger partial charge >= 0.3 is 0 Å². The summed E-state index contributed by atoms with van der Waals surface area (Å²) in [7, 11) is 0. The molecule has 1 aliphatic rings. The Balaban J connectivity index is 1.68. The molecule has 0 bridgehead atoms. The summed E-state index contributed by atoms with van der Waals surface area (Å²) in [6.45, 7) is 1.66. The van der Waals surface area contributed by atoms with E-state index < -0.39 is 0 Å². The molecule has 3 nitrogen and oxygen atoms in total. The Morgan fingerprint density at radius 1 is 1.04 bits per heavy atom. The van der Waals surface area contributed by atoms with Gasteiger partial charge in [-0.2, -0.15) is 0 Å². The van der Waals surface area contributed by atoms with E-state index in [1.807, 2.05) is 29.2 Å². The van der Waals surface area contributed by atoms with E-state index in [1.165, 1.54) is 12.8 Å². The first-order valence-electron chi connectivity index (χ1n) is 8.47. The quantitative estimate of drug-likeness (QED) is 0.623. The number of benzene rings is 1. The first-order valence-corrected chi connectivity index (χ1v) is 10.2. The molecule has 6 heteroatoms. The van der Waals surface area contributed by atoms with Gasteiger partial charge in [0, 0.05) is 23.7 Å². The van der Waals surface area contributed by atoms with Gasteiger partial charge in [0.2, 0.25) is 0 Å². The maximum atomic E-state index is 12.7. The summed E-state index contributed by atoms with van der Waals surface area (Å²) in [6.07, 6.45) is 4.56. The molecule has 0 N–H and O–H groups in total. The minimum Gasteiger partial charge on any atom is -0.337 e. The fourth-order valence-corrected chi connectivity index (χ4v) is 4.26. The Kier molecular flexibility index (Phi) is 6.63. The minimum absolute atomic E-state index is 0.0366. The number of pyridine rings is 1. The molecule has 1 fully saturated rings. The van der Waals surface area contributed by atoms with E-state index in [4.69, 9.17) is 23.2 Å². The van der Waals surface area contributed by atoms with Crippen LogP contribution >= 0.6 is 35.0 Å². The lowest BCUT2D eigenvalue weighted by Crippen LogP contribution is -2.32. The third-order valence-electron chi connectivity index (χ3n) is 4.21. The van der Waals surface area contributed by atoms with Gasteiger partial charge in [0.15, 0.2) is 0 Å². The number of amides is 1. The van der Waals surface area contributed by atoms with Crippen LogP contribution in [-0.2, 0) is 5.75 Å². The lowest BCUT2D eigenvalue weighted by molar-refractivity contribution is 0.0755. The molecular weight excluding hydrogens is 375 g/mol. The van der Waals surface area contributed by atoms with Crippen LogP contribution in [0.1, 0.15) is 41.9 Å². The van der Waals surface area contributed by atoms with Crippen molar-refractivity contribution in [2.75, 3.05) is 13.1 Å². The molecule has 3 rings (SSSR count). The maximum absolute atomic E-state index is 12.7. The molecular formula is C19H20Cl2N2OS. The van der Waals surface area contributed by atoms with Gasteiger partial charge in [-0.3, -0.25) is 4.79 Å². The van der Waals surface area contributed by atoms with Crippen LogP contribution in [0.5, 0.6) is 0 Å². The van der Waals surface area contributed by atoms with Gasteiger partial charge in [-0.1, -0.05) is 48.2 Å². The molecule has 1 amide bonds. The molecule has 1 aromatic heterocycles. The molecule has 0 aliphatic carbocycles. The molecule has 0 spiro atoms. The van der Waals surface area contributed by atoms with Gasteiger partial charge in [-0.15, -0.1) is 11.8 Å². The molecule has 1 saturated heterocycles. The van der Waals surface area contributed by atoms with Crippen molar-refractivity contribution in [3.05, 3.63) is 57.8 Å². The van der Waals surface area contributed by atoms with Crippen LogP contribution < -0.4 is 0 Å². The van der Waals surface area contributed by atoms with Crippen molar-refractivity contribution in [3.63, 3.8) is 0 Å². The average Bonchev–Trinajstić information content (AvgIpc) is 2.92. The molecule has 25 heavy (non-hydrogen) atoms. The smallest absolute Gasteiger partial charge is 0.272 e. The summed E-state index contributed by atoms with van der Waals surface area (Å²) in [5, 5.41) is 1.11. The molecule has 2 aromatic rings. The number of halogens is 2. The van der Waals surface area contributed by atoms with Crippen molar-refractivity contribution in [3.8, 4) is 0 Å². The Morgan fingerprint density at radius 3 is 2.52 bits per heavy atom. The highest BCUT2D eigenvalue weighted by atomic mass is 35.5. The van der Waals surface area contributed by atoms with E-state index in [0.29, 0.717) is 21.5 Å². The Morgan fingerprint density at radius 2 is 1.76 bits per heavy atom. The number of hydrogen-bond donors (Lipinski definition) is 0. The maximum Gasteiger partial charge on any atom is 0.272 e. The van der Waals surface area contributed by atoms with E-state index in [-0.39, 0.29) is 5.91 Å². The van der Waals surface area contributed by atoms with Crippen molar-refractivity contribution in [1.29, 1.82) is 0 Å². The topological polar surface area (TPSA) is 33.2 Å². The summed E-state index contributed by atoms with van der Waals surface area (Å²) >= 11 is 13.8. The highest BCUT2D eigenvalue weighted by Gasteiger charge is 2.18. The number of likely N-dealkylation sites (tertiary alicyclic amines) is 1. The number of carbonyl (C=O) groups is 1. The zero-order valence-corrected chi connectivity index (χ0v) is 16.2. The number of carbonyl (C=O) groups excluding carboxylic acids is 1. The molecule has 1 aromatic carbocycles. The van der Waals surface area contributed by atoms with Crippen LogP contribution in [0.2, 0.25) is 10.0 Å². The SMILES string of the molecule is O=C(c1cccc(CSc2cccc(Cl)c2Cl)n1)N1CCCCCC1.